The van der Waals surface area contributed by atoms with Crippen molar-refractivity contribution in [3.8, 4) is 33.4 Å². The van der Waals surface area contributed by atoms with Crippen LogP contribution in [0.4, 0.5) is 17.1 Å². The molecule has 0 bridgehead atoms. The zero-order chi connectivity index (χ0) is 36.4. The number of rotatable bonds is 4. The van der Waals surface area contributed by atoms with Gasteiger partial charge in [0.2, 0.25) is 0 Å². The van der Waals surface area contributed by atoms with Gasteiger partial charge in [-0.15, -0.1) is 0 Å². The molecule has 0 saturated carbocycles. The first-order valence-corrected chi connectivity index (χ1v) is 19.1. The van der Waals surface area contributed by atoms with E-state index in [1.54, 1.807) is 0 Å². The summed E-state index contributed by atoms with van der Waals surface area (Å²) < 4.78 is 0. The average Bonchev–Trinajstić information content (AvgIpc) is 3.66. The topological polar surface area (TPSA) is 3.24 Å². The minimum Gasteiger partial charge on any atom is -0.310 e. The summed E-state index contributed by atoms with van der Waals surface area (Å²) in [5.74, 6) is 0. The Morgan fingerprint density at radius 1 is 0.377 bits per heavy atom. The van der Waals surface area contributed by atoms with Crippen LogP contribution in [0.25, 0.3) is 33.4 Å². The molecule has 7 aromatic carbocycles. The molecule has 258 valence electrons. The molecular weight excluding hydrogens is 639 g/mol. The van der Waals surface area contributed by atoms with E-state index in [2.05, 4.69) is 199 Å². The average molecular weight is 684 g/mol. The first kappa shape index (κ1) is 32.0. The first-order valence-electron chi connectivity index (χ1n) is 19.1. The molecule has 1 atom stereocenters. The van der Waals surface area contributed by atoms with Crippen molar-refractivity contribution in [3.05, 3.63) is 196 Å². The number of hydrogen-bond acceptors (Lipinski definition) is 1. The maximum atomic E-state index is 2.57. The molecule has 0 aliphatic heterocycles. The Hall–Kier alpha value is -5.66. The molecule has 0 N–H and O–H groups in total. The van der Waals surface area contributed by atoms with Gasteiger partial charge in [0.05, 0.1) is 5.69 Å². The zero-order valence-corrected chi connectivity index (χ0v) is 31.8. The highest BCUT2D eigenvalue weighted by molar-refractivity contribution is 5.98. The smallest absolute Gasteiger partial charge is 0.0546 e. The SMILES string of the molecule is Cc1ccc2c(c1)C(C)(c1ccccc1)c1cc(C)cc(N(c3ccc4c(c3)C(C)(C)c3ccccc3-4)c3ccc4c(c3)C(C)(C)c3ccccc3-4)c1-2. The van der Waals surface area contributed by atoms with Crippen LogP contribution >= 0.6 is 0 Å². The van der Waals surface area contributed by atoms with Gasteiger partial charge in [-0.25, -0.2) is 0 Å². The minimum atomic E-state index is -0.298. The van der Waals surface area contributed by atoms with E-state index in [1.165, 1.54) is 101 Å². The number of anilines is 3. The van der Waals surface area contributed by atoms with Crippen LogP contribution in [0, 0.1) is 13.8 Å². The van der Waals surface area contributed by atoms with E-state index in [0.717, 1.165) is 0 Å². The Kier molecular flexibility index (Phi) is 6.61. The van der Waals surface area contributed by atoms with Crippen molar-refractivity contribution >= 4 is 17.1 Å². The van der Waals surface area contributed by atoms with Gasteiger partial charge in [0.1, 0.15) is 0 Å². The Bertz CT molecular complexity index is 2550. The third kappa shape index (κ3) is 4.31. The standard InChI is InChI=1S/C52H45N/c1-32-21-24-41-46(27-32)52(7,34-15-9-8-10-16-34)47-28-33(2)29-48(49(41)47)53(35-22-25-39-37-17-11-13-19-42(37)50(3,4)44(39)30-35)36-23-26-40-38-18-12-14-20-43(38)51(5,6)45(40)31-36/h8-31H,1-7H3. The summed E-state index contributed by atoms with van der Waals surface area (Å²) in [5, 5.41) is 0. The highest BCUT2D eigenvalue weighted by Crippen LogP contribution is 2.59. The van der Waals surface area contributed by atoms with Crippen LogP contribution in [-0.2, 0) is 16.2 Å². The van der Waals surface area contributed by atoms with Gasteiger partial charge in [-0.2, -0.15) is 0 Å². The molecule has 0 radical (unpaired) electrons. The van der Waals surface area contributed by atoms with Crippen LogP contribution in [-0.4, -0.2) is 0 Å². The van der Waals surface area contributed by atoms with Gasteiger partial charge in [-0.05, 0) is 123 Å². The molecule has 3 aliphatic carbocycles. The summed E-state index contributed by atoms with van der Waals surface area (Å²) in [6.07, 6.45) is 0. The molecule has 7 aromatic rings. The lowest BCUT2D eigenvalue weighted by atomic mass is 9.73. The van der Waals surface area contributed by atoms with Gasteiger partial charge in [-0.3, -0.25) is 0 Å². The molecule has 53 heavy (non-hydrogen) atoms. The largest absolute Gasteiger partial charge is 0.310 e. The monoisotopic (exact) mass is 683 g/mol. The van der Waals surface area contributed by atoms with Crippen molar-refractivity contribution in [1.29, 1.82) is 0 Å². The van der Waals surface area contributed by atoms with Gasteiger partial charge >= 0.3 is 0 Å². The Balaban J connectivity index is 1.27. The van der Waals surface area contributed by atoms with E-state index in [4.69, 9.17) is 0 Å². The van der Waals surface area contributed by atoms with E-state index in [1.807, 2.05) is 0 Å². The summed E-state index contributed by atoms with van der Waals surface area (Å²) in [6.45, 7) is 16.5. The lowest BCUT2D eigenvalue weighted by molar-refractivity contribution is 0.660. The Morgan fingerprint density at radius 2 is 0.868 bits per heavy atom. The molecule has 1 nitrogen and oxygen atoms in total. The van der Waals surface area contributed by atoms with Crippen molar-refractivity contribution in [2.45, 2.75) is 64.7 Å². The van der Waals surface area contributed by atoms with Crippen molar-refractivity contribution in [2.24, 2.45) is 0 Å². The van der Waals surface area contributed by atoms with Crippen LogP contribution in [0.5, 0.6) is 0 Å². The predicted molar refractivity (Wildman–Crippen MR) is 223 cm³/mol. The summed E-state index contributed by atoms with van der Waals surface area (Å²) in [5.41, 5.74) is 23.3. The number of fused-ring (bicyclic) bond motifs is 9. The molecular formula is C52H45N. The second-order valence-electron chi connectivity index (χ2n) is 16.9. The van der Waals surface area contributed by atoms with Crippen molar-refractivity contribution in [2.75, 3.05) is 4.90 Å². The van der Waals surface area contributed by atoms with Crippen LogP contribution < -0.4 is 4.90 Å². The summed E-state index contributed by atoms with van der Waals surface area (Å²) in [4.78, 5) is 2.57. The number of benzene rings is 7. The fraction of sp³-hybridized carbons (Fsp3) is 0.192. The maximum absolute atomic E-state index is 2.57. The van der Waals surface area contributed by atoms with Gasteiger partial charge in [0.15, 0.2) is 0 Å². The fourth-order valence-corrected chi connectivity index (χ4v) is 10.2. The van der Waals surface area contributed by atoms with Gasteiger partial charge in [0, 0.05) is 33.2 Å². The van der Waals surface area contributed by atoms with Gasteiger partial charge in [0.25, 0.3) is 0 Å². The summed E-state index contributed by atoms with van der Waals surface area (Å²) in [7, 11) is 0. The molecule has 1 unspecified atom stereocenters. The second kappa shape index (κ2) is 10.9. The quantitative estimate of drug-likeness (QED) is 0.178. The van der Waals surface area contributed by atoms with Gasteiger partial charge < -0.3 is 4.90 Å². The lowest BCUT2D eigenvalue weighted by Gasteiger charge is -2.32. The van der Waals surface area contributed by atoms with E-state index in [0.29, 0.717) is 0 Å². The molecule has 0 saturated heterocycles. The summed E-state index contributed by atoms with van der Waals surface area (Å²) >= 11 is 0. The molecule has 0 spiro atoms. The predicted octanol–water partition coefficient (Wildman–Crippen LogP) is 13.7. The number of hydrogen-bond donors (Lipinski definition) is 0. The molecule has 10 rings (SSSR count). The maximum Gasteiger partial charge on any atom is 0.0546 e. The normalized spacial score (nSPS) is 17.7. The first-order chi connectivity index (χ1) is 25.5. The Labute approximate surface area is 314 Å². The molecule has 1 heteroatoms. The second-order valence-corrected chi connectivity index (χ2v) is 16.9. The highest BCUT2D eigenvalue weighted by Gasteiger charge is 2.44. The summed E-state index contributed by atoms with van der Waals surface area (Å²) in [6, 6.07) is 55.4. The minimum absolute atomic E-state index is 0.111. The van der Waals surface area contributed by atoms with Crippen LogP contribution in [0.2, 0.25) is 0 Å². The highest BCUT2D eigenvalue weighted by atomic mass is 15.1. The van der Waals surface area contributed by atoms with E-state index in [9.17, 15) is 0 Å². The van der Waals surface area contributed by atoms with Crippen molar-refractivity contribution < 1.29 is 0 Å². The van der Waals surface area contributed by atoms with Crippen molar-refractivity contribution in [1.82, 2.24) is 0 Å². The Morgan fingerprint density at radius 3 is 1.45 bits per heavy atom. The van der Waals surface area contributed by atoms with E-state index >= 15 is 0 Å². The van der Waals surface area contributed by atoms with Crippen LogP contribution in [0.15, 0.2) is 146 Å². The number of aryl methyl sites for hydroxylation is 2. The molecule has 0 aromatic heterocycles. The molecule has 0 heterocycles. The zero-order valence-electron chi connectivity index (χ0n) is 31.8. The van der Waals surface area contributed by atoms with Crippen molar-refractivity contribution in [3.63, 3.8) is 0 Å². The molecule has 0 fully saturated rings. The lowest BCUT2D eigenvalue weighted by Crippen LogP contribution is -2.23. The molecule has 0 amide bonds. The van der Waals surface area contributed by atoms with Crippen LogP contribution in [0.3, 0.4) is 0 Å². The molecule has 3 aliphatic rings. The third-order valence-corrected chi connectivity index (χ3v) is 13.0. The van der Waals surface area contributed by atoms with Crippen LogP contribution in [0.1, 0.15) is 84.7 Å². The van der Waals surface area contributed by atoms with Gasteiger partial charge in [-0.1, -0.05) is 149 Å². The number of nitrogens with zero attached hydrogens (tertiary/aromatic N) is 1. The third-order valence-electron chi connectivity index (χ3n) is 13.0. The van der Waals surface area contributed by atoms with E-state index < -0.39 is 0 Å². The van der Waals surface area contributed by atoms with E-state index in [-0.39, 0.29) is 16.2 Å². The fourth-order valence-electron chi connectivity index (χ4n) is 10.2.